The third-order valence-corrected chi connectivity index (χ3v) is 3.95. The summed E-state index contributed by atoms with van der Waals surface area (Å²) in [5.74, 6) is 0.784. The number of nitrogens with one attached hydrogen (secondary N) is 2. The molecule has 1 atom stereocenters. The molecule has 1 aromatic carbocycles. The van der Waals surface area contributed by atoms with Crippen LogP contribution in [0.4, 0.5) is 5.69 Å². The van der Waals surface area contributed by atoms with Crippen molar-refractivity contribution in [2.45, 2.75) is 38.6 Å². The van der Waals surface area contributed by atoms with Gasteiger partial charge in [0.15, 0.2) is 0 Å². The molecule has 0 saturated heterocycles. The Hall–Kier alpha value is -1.49. The molecule has 5 heteroatoms. The Morgan fingerprint density at radius 1 is 1.15 bits per heavy atom. The third kappa shape index (κ3) is 6.10. The van der Waals surface area contributed by atoms with Gasteiger partial charge in [0.2, 0.25) is 11.8 Å². The zero-order valence-corrected chi connectivity index (χ0v) is 13.2. The summed E-state index contributed by atoms with van der Waals surface area (Å²) in [4.78, 5) is 23.7. The van der Waals surface area contributed by atoms with Crippen molar-refractivity contribution in [2.75, 3.05) is 11.1 Å². The predicted molar refractivity (Wildman–Crippen MR) is 83.9 cm³/mol. The van der Waals surface area contributed by atoms with E-state index in [0.29, 0.717) is 11.7 Å². The molecule has 110 valence electrons. The van der Waals surface area contributed by atoms with Crippen LogP contribution in [0.1, 0.15) is 27.7 Å². The van der Waals surface area contributed by atoms with Gasteiger partial charge < -0.3 is 10.6 Å². The highest BCUT2D eigenvalue weighted by atomic mass is 32.2. The number of hydrogen-bond acceptors (Lipinski definition) is 3. The first-order chi connectivity index (χ1) is 9.38. The van der Waals surface area contributed by atoms with E-state index in [1.807, 2.05) is 31.2 Å². The standard InChI is InChI=1S/C15H22N2O2S/c1-10(2)11(3)16-15(19)9-20-14-7-5-13(6-8-14)17-12(4)18/h5-8,10-11H,9H2,1-4H3,(H,16,19)(H,17,18). The van der Waals surface area contributed by atoms with Crippen LogP contribution < -0.4 is 10.6 Å². The molecule has 0 aromatic heterocycles. The van der Waals surface area contributed by atoms with Gasteiger partial charge in [0.05, 0.1) is 5.75 Å². The molecule has 0 radical (unpaired) electrons. The molecule has 2 N–H and O–H groups in total. The lowest BCUT2D eigenvalue weighted by atomic mass is 10.1. The lowest BCUT2D eigenvalue weighted by Crippen LogP contribution is -2.37. The van der Waals surface area contributed by atoms with Gasteiger partial charge in [-0.3, -0.25) is 9.59 Å². The monoisotopic (exact) mass is 294 g/mol. The second kappa shape index (κ2) is 7.94. The highest BCUT2D eigenvalue weighted by Crippen LogP contribution is 2.20. The molecule has 1 rings (SSSR count). The molecule has 0 aliphatic heterocycles. The maximum Gasteiger partial charge on any atom is 0.230 e. The number of carbonyl (C=O) groups excluding carboxylic acids is 2. The molecule has 0 heterocycles. The van der Waals surface area contributed by atoms with Crippen molar-refractivity contribution in [1.82, 2.24) is 5.32 Å². The first-order valence-corrected chi connectivity index (χ1v) is 7.67. The number of anilines is 1. The van der Waals surface area contributed by atoms with Gasteiger partial charge in [-0.1, -0.05) is 13.8 Å². The lowest BCUT2D eigenvalue weighted by Gasteiger charge is -2.17. The maximum atomic E-state index is 11.8. The third-order valence-electron chi connectivity index (χ3n) is 2.93. The van der Waals surface area contributed by atoms with Crippen LogP contribution in [0.15, 0.2) is 29.2 Å². The molecule has 4 nitrogen and oxygen atoms in total. The summed E-state index contributed by atoms with van der Waals surface area (Å²) >= 11 is 1.49. The van der Waals surface area contributed by atoms with Crippen molar-refractivity contribution < 1.29 is 9.59 Å². The molecular weight excluding hydrogens is 272 g/mol. The van der Waals surface area contributed by atoms with Crippen molar-refractivity contribution in [2.24, 2.45) is 5.92 Å². The second-order valence-electron chi connectivity index (χ2n) is 5.09. The minimum atomic E-state index is -0.0903. The molecule has 0 aliphatic carbocycles. The van der Waals surface area contributed by atoms with E-state index in [4.69, 9.17) is 0 Å². The molecular formula is C15H22N2O2S. The summed E-state index contributed by atoms with van der Waals surface area (Å²) < 4.78 is 0. The van der Waals surface area contributed by atoms with E-state index >= 15 is 0 Å². The molecule has 0 bridgehead atoms. The molecule has 2 amide bonds. The van der Waals surface area contributed by atoms with Crippen molar-refractivity contribution in [3.63, 3.8) is 0 Å². The second-order valence-corrected chi connectivity index (χ2v) is 6.14. The van der Waals surface area contributed by atoms with Crippen LogP contribution in [0.25, 0.3) is 0 Å². The van der Waals surface area contributed by atoms with Gasteiger partial charge in [-0.2, -0.15) is 0 Å². The van der Waals surface area contributed by atoms with Gasteiger partial charge in [0.1, 0.15) is 0 Å². The van der Waals surface area contributed by atoms with E-state index in [0.717, 1.165) is 10.6 Å². The summed E-state index contributed by atoms with van der Waals surface area (Å²) in [5.41, 5.74) is 0.764. The summed E-state index contributed by atoms with van der Waals surface area (Å²) in [5, 5.41) is 5.68. The zero-order chi connectivity index (χ0) is 15.1. The van der Waals surface area contributed by atoms with Crippen LogP contribution in [0.2, 0.25) is 0 Å². The summed E-state index contributed by atoms with van der Waals surface area (Å²) in [6, 6.07) is 7.64. The fraction of sp³-hybridized carbons (Fsp3) is 0.467. The summed E-state index contributed by atoms with van der Waals surface area (Å²) in [7, 11) is 0. The molecule has 20 heavy (non-hydrogen) atoms. The Labute approximate surface area is 124 Å². The van der Waals surface area contributed by atoms with Crippen molar-refractivity contribution in [3.8, 4) is 0 Å². The molecule has 0 fully saturated rings. The van der Waals surface area contributed by atoms with Gasteiger partial charge in [0, 0.05) is 23.5 Å². The highest BCUT2D eigenvalue weighted by molar-refractivity contribution is 8.00. The first kappa shape index (κ1) is 16.6. The number of carbonyl (C=O) groups is 2. The van der Waals surface area contributed by atoms with E-state index in [1.165, 1.54) is 18.7 Å². The number of hydrogen-bond donors (Lipinski definition) is 2. The Morgan fingerprint density at radius 3 is 2.25 bits per heavy atom. The van der Waals surface area contributed by atoms with Crippen LogP contribution in [0, 0.1) is 5.92 Å². The minimum Gasteiger partial charge on any atom is -0.353 e. The zero-order valence-electron chi connectivity index (χ0n) is 12.4. The number of thioether (sulfide) groups is 1. The number of rotatable bonds is 6. The van der Waals surface area contributed by atoms with Crippen LogP contribution >= 0.6 is 11.8 Å². The van der Waals surface area contributed by atoms with Crippen LogP contribution in [0.3, 0.4) is 0 Å². The van der Waals surface area contributed by atoms with Crippen LogP contribution in [-0.2, 0) is 9.59 Å². The molecule has 0 spiro atoms. The largest absolute Gasteiger partial charge is 0.353 e. The average Bonchev–Trinajstić information content (AvgIpc) is 2.37. The predicted octanol–water partition coefficient (Wildman–Crippen LogP) is 2.90. The summed E-state index contributed by atoms with van der Waals surface area (Å²) in [6.07, 6.45) is 0. The van der Waals surface area contributed by atoms with Crippen molar-refractivity contribution in [1.29, 1.82) is 0 Å². The lowest BCUT2D eigenvalue weighted by molar-refractivity contribution is -0.119. The molecule has 1 aromatic rings. The van der Waals surface area contributed by atoms with Crippen LogP contribution in [0.5, 0.6) is 0 Å². The van der Waals surface area contributed by atoms with Gasteiger partial charge >= 0.3 is 0 Å². The normalized spacial score (nSPS) is 12.1. The SMILES string of the molecule is CC(=O)Nc1ccc(SCC(=O)NC(C)C(C)C)cc1. The highest BCUT2D eigenvalue weighted by Gasteiger charge is 2.10. The molecule has 1 unspecified atom stereocenters. The van der Waals surface area contributed by atoms with E-state index in [1.54, 1.807) is 0 Å². The maximum absolute atomic E-state index is 11.8. The van der Waals surface area contributed by atoms with E-state index in [9.17, 15) is 9.59 Å². The Morgan fingerprint density at radius 2 is 1.75 bits per heavy atom. The Balaban J connectivity index is 2.42. The van der Waals surface area contributed by atoms with Crippen molar-refractivity contribution >= 4 is 29.3 Å². The quantitative estimate of drug-likeness (QED) is 0.793. The van der Waals surface area contributed by atoms with Gasteiger partial charge in [-0.05, 0) is 37.1 Å². The number of amides is 2. The number of benzene rings is 1. The van der Waals surface area contributed by atoms with E-state index < -0.39 is 0 Å². The Kier molecular flexibility index (Phi) is 6.58. The van der Waals surface area contributed by atoms with Gasteiger partial charge in [0.25, 0.3) is 0 Å². The minimum absolute atomic E-state index is 0.0436. The fourth-order valence-electron chi connectivity index (χ4n) is 1.45. The molecule has 0 saturated carbocycles. The van der Waals surface area contributed by atoms with E-state index in [2.05, 4.69) is 24.5 Å². The van der Waals surface area contributed by atoms with Gasteiger partial charge in [-0.25, -0.2) is 0 Å². The van der Waals surface area contributed by atoms with Gasteiger partial charge in [-0.15, -0.1) is 11.8 Å². The first-order valence-electron chi connectivity index (χ1n) is 6.68. The van der Waals surface area contributed by atoms with Crippen LogP contribution in [-0.4, -0.2) is 23.6 Å². The Bertz CT molecular complexity index is 457. The fourth-order valence-corrected chi connectivity index (χ4v) is 2.16. The van der Waals surface area contributed by atoms with Crippen molar-refractivity contribution in [3.05, 3.63) is 24.3 Å². The summed E-state index contributed by atoms with van der Waals surface area (Å²) in [6.45, 7) is 7.65. The van der Waals surface area contributed by atoms with E-state index in [-0.39, 0.29) is 17.9 Å². The molecule has 0 aliphatic rings. The smallest absolute Gasteiger partial charge is 0.230 e. The topological polar surface area (TPSA) is 58.2 Å². The average molecular weight is 294 g/mol.